The third-order valence-electron chi connectivity index (χ3n) is 1.30. The molecule has 0 atom stereocenters. The van der Waals surface area contributed by atoms with E-state index in [1.54, 1.807) is 0 Å². The number of aliphatic carboxylic acids is 1. The van der Waals surface area contributed by atoms with Crippen molar-refractivity contribution in [2.45, 2.75) is 20.1 Å². The van der Waals surface area contributed by atoms with E-state index < -0.39 is 12.3 Å². The number of carboxylic acids is 1. The third kappa shape index (κ3) is 2.16. The molecule has 4 heteroatoms. The van der Waals surface area contributed by atoms with Crippen LogP contribution in [-0.4, -0.2) is 27.6 Å². The summed E-state index contributed by atoms with van der Waals surface area (Å²) in [6.45, 7) is 2.67. The lowest BCUT2D eigenvalue weighted by Crippen LogP contribution is -2.11. The van der Waals surface area contributed by atoms with Gasteiger partial charge in [-0.15, -0.1) is 0 Å². The molecule has 0 amide bonds. The van der Waals surface area contributed by atoms with Crippen molar-refractivity contribution < 1.29 is 20.1 Å². The van der Waals surface area contributed by atoms with E-state index in [0.717, 1.165) is 0 Å². The molecule has 0 heterocycles. The molecule has 0 spiro atoms. The van der Waals surface area contributed by atoms with Crippen LogP contribution in [0.5, 0.6) is 0 Å². The van der Waals surface area contributed by atoms with Gasteiger partial charge in [0.05, 0.1) is 0 Å². The fourth-order valence-corrected chi connectivity index (χ4v) is 0.362. The molecular weight excluding hydrogens is 136 g/mol. The first-order valence-corrected chi connectivity index (χ1v) is 2.73. The van der Waals surface area contributed by atoms with E-state index in [0.29, 0.717) is 0 Å². The van der Waals surface area contributed by atoms with Gasteiger partial charge in [-0.1, -0.05) is 0 Å². The zero-order valence-electron chi connectivity index (χ0n) is 5.83. The van der Waals surface area contributed by atoms with Crippen molar-refractivity contribution in [1.29, 1.82) is 0 Å². The number of aliphatic hydroxyl groups is 2. The van der Waals surface area contributed by atoms with Crippen LogP contribution < -0.4 is 0 Å². The molecule has 0 aromatic carbocycles. The lowest BCUT2D eigenvalue weighted by molar-refractivity contribution is -0.133. The second kappa shape index (κ2) is 3.34. The molecule has 10 heavy (non-hydrogen) atoms. The Morgan fingerprint density at radius 3 is 1.80 bits per heavy atom. The lowest BCUT2D eigenvalue weighted by Gasteiger charge is -2.04. The molecule has 0 radical (unpaired) electrons. The van der Waals surface area contributed by atoms with Crippen molar-refractivity contribution in [3.63, 3.8) is 0 Å². The highest BCUT2D eigenvalue weighted by Crippen LogP contribution is 2.05. The van der Waals surface area contributed by atoms with Gasteiger partial charge in [0.1, 0.15) is 0 Å². The molecule has 0 aliphatic heterocycles. The van der Waals surface area contributed by atoms with E-state index in [9.17, 15) is 4.79 Å². The summed E-state index contributed by atoms with van der Waals surface area (Å²) in [5.74, 6) is -1.13. The minimum atomic E-state index is -1.67. The summed E-state index contributed by atoms with van der Waals surface area (Å²) < 4.78 is 0. The molecule has 0 aliphatic rings. The van der Waals surface area contributed by atoms with Crippen molar-refractivity contribution in [2.75, 3.05) is 0 Å². The minimum Gasteiger partial charge on any atom is -0.478 e. The highest BCUT2D eigenvalue weighted by atomic mass is 16.5. The number of rotatable bonds is 2. The van der Waals surface area contributed by atoms with Crippen molar-refractivity contribution in [2.24, 2.45) is 0 Å². The molecule has 0 aromatic rings. The standard InChI is InChI=1S/C6H10O4/c1-3(5(7)8)4(2)6(9)10/h5,7-8H,1-2H3,(H,9,10). The largest absolute Gasteiger partial charge is 0.478 e. The van der Waals surface area contributed by atoms with Gasteiger partial charge in [0.2, 0.25) is 0 Å². The normalized spacial score (nSPS) is 13.3. The molecule has 4 nitrogen and oxygen atoms in total. The number of hydrogen-bond donors (Lipinski definition) is 3. The average molecular weight is 146 g/mol. The zero-order chi connectivity index (χ0) is 8.31. The highest BCUT2D eigenvalue weighted by Gasteiger charge is 2.09. The second-order valence-electron chi connectivity index (χ2n) is 1.99. The Hall–Kier alpha value is -0.870. The maximum absolute atomic E-state index is 10.2. The molecule has 3 N–H and O–H groups in total. The number of aliphatic hydroxyl groups excluding tert-OH is 1. The number of hydrogen-bond acceptors (Lipinski definition) is 3. The topological polar surface area (TPSA) is 77.8 Å². The predicted octanol–water partition coefficient (Wildman–Crippen LogP) is -0.282. The van der Waals surface area contributed by atoms with E-state index >= 15 is 0 Å². The van der Waals surface area contributed by atoms with Crippen molar-refractivity contribution in [1.82, 2.24) is 0 Å². The Kier molecular flexibility index (Phi) is 3.05. The Labute approximate surface area is 58.4 Å². The predicted molar refractivity (Wildman–Crippen MR) is 34.2 cm³/mol. The van der Waals surface area contributed by atoms with Gasteiger partial charge in [-0.05, 0) is 19.4 Å². The number of carbonyl (C=O) groups is 1. The van der Waals surface area contributed by atoms with Gasteiger partial charge in [-0.25, -0.2) is 4.79 Å². The van der Waals surface area contributed by atoms with Gasteiger partial charge < -0.3 is 15.3 Å². The molecule has 0 fully saturated rings. The first kappa shape index (κ1) is 9.13. The van der Waals surface area contributed by atoms with Gasteiger partial charge in [-0.2, -0.15) is 0 Å². The van der Waals surface area contributed by atoms with Crippen LogP contribution in [0.15, 0.2) is 11.1 Å². The summed E-state index contributed by atoms with van der Waals surface area (Å²) in [7, 11) is 0. The van der Waals surface area contributed by atoms with Crippen LogP contribution in [0.3, 0.4) is 0 Å². The van der Waals surface area contributed by atoms with E-state index in [4.69, 9.17) is 15.3 Å². The van der Waals surface area contributed by atoms with Gasteiger partial charge in [0, 0.05) is 5.57 Å². The van der Waals surface area contributed by atoms with E-state index in [-0.39, 0.29) is 11.1 Å². The maximum atomic E-state index is 10.2. The van der Waals surface area contributed by atoms with Crippen LogP contribution in [0, 0.1) is 0 Å². The van der Waals surface area contributed by atoms with Crippen LogP contribution in [-0.2, 0) is 4.79 Å². The summed E-state index contributed by atoms with van der Waals surface area (Å²) in [5, 5.41) is 25.3. The zero-order valence-corrected chi connectivity index (χ0v) is 5.83. The molecule has 0 saturated heterocycles. The van der Waals surface area contributed by atoms with Crippen molar-refractivity contribution in [3.05, 3.63) is 11.1 Å². The SMILES string of the molecule is CC(C(=O)O)=C(C)C(O)O. The van der Waals surface area contributed by atoms with Crippen molar-refractivity contribution in [3.8, 4) is 0 Å². The average Bonchev–Trinajstić information content (AvgIpc) is 1.84. The van der Waals surface area contributed by atoms with E-state index in [1.165, 1.54) is 13.8 Å². The quantitative estimate of drug-likeness (QED) is 0.370. The van der Waals surface area contributed by atoms with Crippen LogP contribution in [0.25, 0.3) is 0 Å². The smallest absolute Gasteiger partial charge is 0.331 e. The fourth-order valence-electron chi connectivity index (χ4n) is 0.362. The first-order chi connectivity index (χ1) is 4.46. The Morgan fingerprint density at radius 2 is 1.70 bits per heavy atom. The summed E-state index contributed by atoms with van der Waals surface area (Å²) in [6.07, 6.45) is -1.67. The monoisotopic (exact) mass is 146 g/mol. The molecule has 0 saturated carbocycles. The molecule has 0 aliphatic carbocycles. The second-order valence-corrected chi connectivity index (χ2v) is 1.99. The minimum absolute atomic E-state index is 0.0324. The molecular formula is C6H10O4. The summed E-state index contributed by atoms with van der Waals surface area (Å²) in [4.78, 5) is 10.2. The van der Waals surface area contributed by atoms with Gasteiger partial charge >= 0.3 is 5.97 Å². The van der Waals surface area contributed by atoms with Crippen LogP contribution >= 0.6 is 0 Å². The van der Waals surface area contributed by atoms with Crippen LogP contribution in [0.4, 0.5) is 0 Å². The third-order valence-corrected chi connectivity index (χ3v) is 1.30. The summed E-state index contributed by atoms with van der Waals surface area (Å²) >= 11 is 0. The van der Waals surface area contributed by atoms with Gasteiger partial charge in [0.15, 0.2) is 6.29 Å². The van der Waals surface area contributed by atoms with E-state index in [1.807, 2.05) is 0 Å². The molecule has 58 valence electrons. The molecule has 0 rings (SSSR count). The maximum Gasteiger partial charge on any atom is 0.331 e. The van der Waals surface area contributed by atoms with Crippen LogP contribution in [0.2, 0.25) is 0 Å². The van der Waals surface area contributed by atoms with Gasteiger partial charge in [-0.3, -0.25) is 0 Å². The Balaban J connectivity index is 4.50. The summed E-state index contributed by atoms with van der Waals surface area (Å²) in [5.41, 5.74) is 0.0301. The fraction of sp³-hybridized carbons (Fsp3) is 0.500. The first-order valence-electron chi connectivity index (χ1n) is 2.73. The molecule has 0 unspecified atom stereocenters. The van der Waals surface area contributed by atoms with Crippen molar-refractivity contribution >= 4 is 5.97 Å². The Bertz CT molecular complexity index is 169. The van der Waals surface area contributed by atoms with Crippen LogP contribution in [0.1, 0.15) is 13.8 Å². The van der Waals surface area contributed by atoms with E-state index in [2.05, 4.69) is 0 Å². The Morgan fingerprint density at radius 1 is 1.30 bits per heavy atom. The molecule has 0 aromatic heterocycles. The number of carboxylic acid groups (broad SMARTS) is 1. The highest BCUT2D eigenvalue weighted by molar-refractivity contribution is 5.86. The lowest BCUT2D eigenvalue weighted by atomic mass is 10.1. The van der Waals surface area contributed by atoms with Gasteiger partial charge in [0.25, 0.3) is 0 Å². The molecule has 0 bridgehead atoms. The summed E-state index contributed by atoms with van der Waals surface area (Å²) in [6, 6.07) is 0.